The molecule has 0 unspecified atom stereocenters. The van der Waals surface area contributed by atoms with Gasteiger partial charge < -0.3 is 19.7 Å². The van der Waals surface area contributed by atoms with E-state index in [2.05, 4.69) is 22.4 Å². The average molecular weight is 336 g/mol. The minimum Gasteiger partial charge on any atom is -0.348 e. The molecular formula is C17H28N4O3. The molecule has 0 radical (unpaired) electrons. The zero-order valence-electron chi connectivity index (χ0n) is 14.6. The molecule has 0 aliphatic carbocycles. The molecule has 7 nitrogen and oxygen atoms in total. The van der Waals surface area contributed by atoms with Gasteiger partial charge in [0.1, 0.15) is 0 Å². The van der Waals surface area contributed by atoms with Gasteiger partial charge in [-0.15, -0.1) is 0 Å². The zero-order chi connectivity index (χ0) is 17.0. The lowest BCUT2D eigenvalue weighted by Crippen LogP contribution is -2.46. The summed E-state index contributed by atoms with van der Waals surface area (Å²) in [5.74, 6) is 0.148. The van der Waals surface area contributed by atoms with E-state index in [1.54, 1.807) is 6.20 Å². The van der Waals surface area contributed by atoms with Crippen molar-refractivity contribution < 1.29 is 14.3 Å². The number of nitrogens with zero attached hydrogens (tertiary/aromatic N) is 2. The number of likely N-dealkylation sites (tertiary alicyclic amines) is 1. The molecule has 7 heteroatoms. The van der Waals surface area contributed by atoms with Crippen LogP contribution in [0.2, 0.25) is 0 Å². The quantitative estimate of drug-likeness (QED) is 0.863. The standard InChI is InChI=1S/C17H28N4O3/c1-13(10-17(2)23-8-9-24-17)11-18-16(22)21-7-3-4-14(12-21)15-5-6-19-20-15/h5-6,13-14H,3-4,7-12H2,1-2H3,(H,18,22)(H,19,20)/t13-,14-/m1/s1. The highest BCUT2D eigenvalue weighted by Gasteiger charge is 2.33. The van der Waals surface area contributed by atoms with Crippen LogP contribution in [0.1, 0.15) is 44.7 Å². The van der Waals surface area contributed by atoms with E-state index in [9.17, 15) is 4.79 Å². The predicted octanol–water partition coefficient (Wildman–Crippen LogP) is 2.09. The lowest BCUT2D eigenvalue weighted by molar-refractivity contribution is -0.153. The molecule has 0 saturated carbocycles. The number of urea groups is 1. The molecule has 0 bridgehead atoms. The summed E-state index contributed by atoms with van der Waals surface area (Å²) in [4.78, 5) is 14.4. The number of carbonyl (C=O) groups excluding carboxylic acids is 1. The van der Waals surface area contributed by atoms with Gasteiger partial charge in [-0.25, -0.2) is 4.79 Å². The Labute approximate surface area is 143 Å². The number of aromatic amines is 1. The van der Waals surface area contributed by atoms with E-state index in [1.165, 1.54) is 0 Å². The van der Waals surface area contributed by atoms with Crippen molar-refractivity contribution in [3.63, 3.8) is 0 Å². The second kappa shape index (κ2) is 7.53. The Morgan fingerprint density at radius 3 is 3.04 bits per heavy atom. The molecule has 2 atom stereocenters. The van der Waals surface area contributed by atoms with E-state index in [0.717, 1.165) is 38.0 Å². The third-order valence-electron chi connectivity index (χ3n) is 4.89. The number of piperidine rings is 1. The second-order valence-electron chi connectivity index (χ2n) is 7.12. The van der Waals surface area contributed by atoms with Crippen molar-refractivity contribution in [3.8, 4) is 0 Å². The molecule has 1 aromatic rings. The molecule has 2 aliphatic heterocycles. The molecular weight excluding hydrogens is 308 g/mol. The van der Waals surface area contributed by atoms with Gasteiger partial charge in [-0.2, -0.15) is 5.10 Å². The van der Waals surface area contributed by atoms with Crippen LogP contribution in [0.4, 0.5) is 4.79 Å². The monoisotopic (exact) mass is 336 g/mol. The molecule has 3 rings (SSSR count). The molecule has 2 amide bonds. The molecule has 0 aromatic carbocycles. The van der Waals surface area contributed by atoms with Crippen molar-refractivity contribution in [2.45, 2.75) is 44.8 Å². The lowest BCUT2D eigenvalue weighted by atomic mass is 9.95. The highest BCUT2D eigenvalue weighted by Crippen LogP contribution is 2.27. The summed E-state index contributed by atoms with van der Waals surface area (Å²) in [7, 11) is 0. The Kier molecular flexibility index (Phi) is 5.40. The normalized spacial score (nSPS) is 24.8. The fourth-order valence-corrected chi connectivity index (χ4v) is 3.66. The van der Waals surface area contributed by atoms with Crippen molar-refractivity contribution in [2.24, 2.45) is 5.92 Å². The molecule has 2 N–H and O–H groups in total. The van der Waals surface area contributed by atoms with E-state index in [-0.39, 0.29) is 6.03 Å². The van der Waals surface area contributed by atoms with E-state index < -0.39 is 5.79 Å². The average Bonchev–Trinajstić information content (AvgIpc) is 3.24. The lowest BCUT2D eigenvalue weighted by Gasteiger charge is -2.33. The minimum atomic E-state index is -0.499. The van der Waals surface area contributed by atoms with Crippen molar-refractivity contribution >= 4 is 6.03 Å². The SMILES string of the molecule is C[C@@H](CNC(=O)N1CCC[C@@H](c2ccn[nH]2)C1)CC1(C)OCCO1. The Morgan fingerprint density at radius 2 is 2.33 bits per heavy atom. The summed E-state index contributed by atoms with van der Waals surface area (Å²) >= 11 is 0. The second-order valence-corrected chi connectivity index (χ2v) is 7.12. The Morgan fingerprint density at radius 1 is 1.54 bits per heavy atom. The smallest absolute Gasteiger partial charge is 0.317 e. The first kappa shape index (κ1) is 17.2. The largest absolute Gasteiger partial charge is 0.348 e. The maximum absolute atomic E-state index is 12.5. The van der Waals surface area contributed by atoms with E-state index in [0.29, 0.717) is 31.6 Å². The van der Waals surface area contributed by atoms with Gasteiger partial charge >= 0.3 is 6.03 Å². The first-order valence-corrected chi connectivity index (χ1v) is 8.86. The van der Waals surface area contributed by atoms with Crippen LogP contribution in [-0.4, -0.2) is 59.8 Å². The number of hydrogen-bond acceptors (Lipinski definition) is 4. The van der Waals surface area contributed by atoms with Gasteiger partial charge in [0.2, 0.25) is 0 Å². The number of hydrogen-bond donors (Lipinski definition) is 2. The van der Waals surface area contributed by atoms with Crippen LogP contribution in [0, 0.1) is 5.92 Å². The maximum Gasteiger partial charge on any atom is 0.317 e. The number of H-pyrrole nitrogens is 1. The summed E-state index contributed by atoms with van der Waals surface area (Å²) in [5, 5.41) is 10.1. The van der Waals surface area contributed by atoms with Crippen molar-refractivity contribution in [1.29, 1.82) is 0 Å². The van der Waals surface area contributed by atoms with Gasteiger partial charge in [0.25, 0.3) is 0 Å². The number of carbonyl (C=O) groups is 1. The number of aromatic nitrogens is 2. The third kappa shape index (κ3) is 4.27. The van der Waals surface area contributed by atoms with Gasteiger partial charge in [0.15, 0.2) is 5.79 Å². The van der Waals surface area contributed by atoms with Gasteiger partial charge in [-0.1, -0.05) is 6.92 Å². The van der Waals surface area contributed by atoms with E-state index >= 15 is 0 Å². The first-order chi connectivity index (χ1) is 11.6. The maximum atomic E-state index is 12.5. The highest BCUT2D eigenvalue weighted by atomic mass is 16.7. The van der Waals surface area contributed by atoms with Gasteiger partial charge in [0, 0.05) is 43.9 Å². The molecule has 3 heterocycles. The van der Waals surface area contributed by atoms with Crippen LogP contribution in [0.5, 0.6) is 0 Å². The number of rotatable bonds is 5. The summed E-state index contributed by atoms with van der Waals surface area (Å²) in [6.07, 6.45) is 4.66. The van der Waals surface area contributed by atoms with E-state index in [1.807, 2.05) is 17.9 Å². The summed E-state index contributed by atoms with van der Waals surface area (Å²) in [5.41, 5.74) is 1.12. The molecule has 2 saturated heterocycles. The minimum absolute atomic E-state index is 0.0180. The number of amides is 2. The Hall–Kier alpha value is -1.60. The van der Waals surface area contributed by atoms with Gasteiger partial charge in [-0.3, -0.25) is 5.10 Å². The molecule has 1 aromatic heterocycles. The van der Waals surface area contributed by atoms with Gasteiger partial charge in [-0.05, 0) is 31.7 Å². The van der Waals surface area contributed by atoms with Crippen LogP contribution < -0.4 is 5.32 Å². The van der Waals surface area contributed by atoms with E-state index in [4.69, 9.17) is 9.47 Å². The fraction of sp³-hybridized carbons (Fsp3) is 0.765. The molecule has 24 heavy (non-hydrogen) atoms. The van der Waals surface area contributed by atoms with Crippen LogP contribution >= 0.6 is 0 Å². The Bertz CT molecular complexity index is 528. The van der Waals surface area contributed by atoms with Crippen LogP contribution in [0.3, 0.4) is 0 Å². The van der Waals surface area contributed by atoms with Crippen molar-refractivity contribution in [2.75, 3.05) is 32.8 Å². The number of ether oxygens (including phenoxy) is 2. The number of nitrogens with one attached hydrogen (secondary N) is 2. The summed E-state index contributed by atoms with van der Waals surface area (Å²) in [6, 6.07) is 2.01. The topological polar surface area (TPSA) is 79.5 Å². The van der Waals surface area contributed by atoms with Gasteiger partial charge in [0.05, 0.1) is 13.2 Å². The fourth-order valence-electron chi connectivity index (χ4n) is 3.66. The van der Waals surface area contributed by atoms with Crippen molar-refractivity contribution in [3.05, 3.63) is 18.0 Å². The zero-order valence-corrected chi connectivity index (χ0v) is 14.6. The molecule has 0 spiro atoms. The van der Waals surface area contributed by atoms with Crippen molar-refractivity contribution in [1.82, 2.24) is 20.4 Å². The van der Waals surface area contributed by atoms with Crippen LogP contribution in [0.25, 0.3) is 0 Å². The summed E-state index contributed by atoms with van der Waals surface area (Å²) in [6.45, 7) is 7.57. The molecule has 134 valence electrons. The molecule has 2 fully saturated rings. The summed E-state index contributed by atoms with van der Waals surface area (Å²) < 4.78 is 11.3. The van der Waals surface area contributed by atoms with Crippen LogP contribution in [0.15, 0.2) is 12.3 Å². The third-order valence-corrected chi connectivity index (χ3v) is 4.89. The molecule has 2 aliphatic rings. The Balaban J connectivity index is 1.44. The highest BCUT2D eigenvalue weighted by molar-refractivity contribution is 5.74. The first-order valence-electron chi connectivity index (χ1n) is 8.86. The predicted molar refractivity (Wildman–Crippen MR) is 89.6 cm³/mol. The van der Waals surface area contributed by atoms with Crippen LogP contribution in [-0.2, 0) is 9.47 Å².